The van der Waals surface area contributed by atoms with Crippen LogP contribution in [-0.2, 0) is 13.1 Å². The summed E-state index contributed by atoms with van der Waals surface area (Å²) in [5, 5.41) is 3.83. The van der Waals surface area contributed by atoms with Gasteiger partial charge in [-0.1, -0.05) is 12.1 Å². The van der Waals surface area contributed by atoms with E-state index in [0.717, 1.165) is 22.8 Å². The third kappa shape index (κ3) is 5.45. The minimum atomic E-state index is 0.451. The SMILES string of the molecule is CCOc1ccccc1NC(=S)N(Cc1ccco1)Cc1ccc(OC)c(OC)c1OC. The summed E-state index contributed by atoms with van der Waals surface area (Å²) in [5.41, 5.74) is 1.68. The van der Waals surface area contributed by atoms with Crippen LogP contribution in [0.3, 0.4) is 0 Å². The van der Waals surface area contributed by atoms with Gasteiger partial charge in [-0.15, -0.1) is 0 Å². The number of hydrogen-bond donors (Lipinski definition) is 1. The van der Waals surface area contributed by atoms with Crippen molar-refractivity contribution in [3.63, 3.8) is 0 Å². The maximum atomic E-state index is 5.78. The predicted octanol–water partition coefficient (Wildman–Crippen LogP) is 5.10. The van der Waals surface area contributed by atoms with Crippen LogP contribution in [0.15, 0.2) is 59.2 Å². The highest BCUT2D eigenvalue weighted by Crippen LogP contribution is 2.40. The van der Waals surface area contributed by atoms with Crippen LogP contribution < -0.4 is 24.3 Å². The topological polar surface area (TPSA) is 65.3 Å². The minimum absolute atomic E-state index is 0.451. The molecule has 0 aliphatic heterocycles. The van der Waals surface area contributed by atoms with Crippen LogP contribution in [0.25, 0.3) is 0 Å². The number of anilines is 1. The van der Waals surface area contributed by atoms with E-state index in [1.54, 1.807) is 27.6 Å². The van der Waals surface area contributed by atoms with Crippen molar-refractivity contribution in [1.29, 1.82) is 0 Å². The molecule has 1 heterocycles. The zero-order valence-corrected chi connectivity index (χ0v) is 19.5. The summed E-state index contributed by atoms with van der Waals surface area (Å²) in [6.07, 6.45) is 1.64. The van der Waals surface area contributed by atoms with Crippen molar-refractivity contribution in [1.82, 2.24) is 4.90 Å². The lowest BCUT2D eigenvalue weighted by Crippen LogP contribution is -2.34. The standard InChI is InChI=1S/C24H28N2O5S/c1-5-30-20-11-7-6-10-19(20)25-24(32)26(16-18-9-8-14-31-18)15-17-12-13-21(27-2)23(29-4)22(17)28-3/h6-14H,5,15-16H2,1-4H3,(H,25,32). The molecule has 0 amide bonds. The zero-order chi connectivity index (χ0) is 22.9. The first-order chi connectivity index (χ1) is 15.6. The van der Waals surface area contributed by atoms with Crippen molar-refractivity contribution < 1.29 is 23.4 Å². The number of nitrogens with zero attached hydrogens (tertiary/aromatic N) is 1. The molecule has 2 aromatic carbocycles. The van der Waals surface area contributed by atoms with Gasteiger partial charge >= 0.3 is 0 Å². The number of benzene rings is 2. The Hall–Kier alpha value is -3.39. The van der Waals surface area contributed by atoms with Crippen LogP contribution in [0.4, 0.5) is 5.69 Å². The molecule has 0 atom stereocenters. The Kier molecular flexibility index (Phi) is 8.21. The van der Waals surface area contributed by atoms with Crippen molar-refractivity contribution in [2.75, 3.05) is 33.3 Å². The van der Waals surface area contributed by atoms with Crippen molar-refractivity contribution in [3.05, 3.63) is 66.1 Å². The summed E-state index contributed by atoms with van der Waals surface area (Å²) in [5.74, 6) is 3.24. The van der Waals surface area contributed by atoms with Crippen LogP contribution in [0.5, 0.6) is 23.0 Å². The van der Waals surface area contributed by atoms with Crippen LogP contribution >= 0.6 is 12.2 Å². The zero-order valence-electron chi connectivity index (χ0n) is 18.7. The van der Waals surface area contributed by atoms with E-state index in [1.165, 1.54) is 0 Å². The van der Waals surface area contributed by atoms with Gasteiger partial charge in [0, 0.05) is 12.1 Å². The fraction of sp³-hybridized carbons (Fsp3) is 0.292. The van der Waals surface area contributed by atoms with Crippen LogP contribution in [-0.4, -0.2) is 37.9 Å². The van der Waals surface area contributed by atoms with E-state index >= 15 is 0 Å². The van der Waals surface area contributed by atoms with Gasteiger partial charge in [-0.3, -0.25) is 0 Å². The van der Waals surface area contributed by atoms with Crippen LogP contribution in [0, 0.1) is 0 Å². The largest absolute Gasteiger partial charge is 0.493 e. The average molecular weight is 457 g/mol. The number of rotatable bonds is 10. The van der Waals surface area contributed by atoms with E-state index in [-0.39, 0.29) is 0 Å². The van der Waals surface area contributed by atoms with E-state index in [4.69, 9.17) is 35.6 Å². The second-order valence-electron chi connectivity index (χ2n) is 6.79. The van der Waals surface area contributed by atoms with Gasteiger partial charge in [-0.05, 0) is 55.5 Å². The molecule has 0 saturated carbocycles. The lowest BCUT2D eigenvalue weighted by atomic mass is 10.1. The molecular formula is C24H28N2O5S. The lowest BCUT2D eigenvalue weighted by molar-refractivity contribution is 0.313. The van der Waals surface area contributed by atoms with E-state index in [2.05, 4.69) is 5.32 Å². The van der Waals surface area contributed by atoms with Gasteiger partial charge in [-0.25, -0.2) is 0 Å². The molecule has 170 valence electrons. The minimum Gasteiger partial charge on any atom is -0.493 e. The first-order valence-corrected chi connectivity index (χ1v) is 10.6. The molecule has 1 N–H and O–H groups in total. The number of ether oxygens (including phenoxy) is 4. The number of para-hydroxylation sites is 2. The maximum Gasteiger partial charge on any atom is 0.203 e. The Balaban J connectivity index is 1.91. The third-order valence-corrected chi connectivity index (χ3v) is 5.15. The number of hydrogen-bond acceptors (Lipinski definition) is 6. The molecule has 0 saturated heterocycles. The average Bonchev–Trinajstić information content (AvgIpc) is 3.32. The lowest BCUT2D eigenvalue weighted by Gasteiger charge is -2.27. The van der Waals surface area contributed by atoms with Gasteiger partial charge in [0.15, 0.2) is 16.6 Å². The molecule has 0 fully saturated rings. The Labute approximate surface area is 193 Å². The number of furan rings is 1. The Morgan fingerprint density at radius 3 is 2.34 bits per heavy atom. The van der Waals surface area contributed by atoms with Crippen LogP contribution in [0.1, 0.15) is 18.2 Å². The van der Waals surface area contributed by atoms with Gasteiger partial charge in [0.25, 0.3) is 0 Å². The number of thiocarbonyl (C=S) groups is 1. The first kappa shape index (κ1) is 23.3. The summed E-state index contributed by atoms with van der Waals surface area (Å²) in [4.78, 5) is 1.99. The highest BCUT2D eigenvalue weighted by molar-refractivity contribution is 7.80. The van der Waals surface area contributed by atoms with E-state index in [9.17, 15) is 0 Å². The summed E-state index contributed by atoms with van der Waals surface area (Å²) < 4.78 is 27.9. The van der Waals surface area contributed by atoms with E-state index in [0.29, 0.717) is 42.1 Å². The second kappa shape index (κ2) is 11.3. The normalized spacial score (nSPS) is 10.4. The summed E-state index contributed by atoms with van der Waals surface area (Å²) in [6.45, 7) is 3.42. The highest BCUT2D eigenvalue weighted by Gasteiger charge is 2.21. The molecule has 1 aromatic heterocycles. The number of nitrogens with one attached hydrogen (secondary N) is 1. The summed E-state index contributed by atoms with van der Waals surface area (Å²) in [7, 11) is 4.78. The first-order valence-electron chi connectivity index (χ1n) is 10.2. The smallest absolute Gasteiger partial charge is 0.203 e. The van der Waals surface area contributed by atoms with Gasteiger partial charge in [0.05, 0.1) is 46.4 Å². The molecule has 0 aliphatic rings. The predicted molar refractivity (Wildman–Crippen MR) is 128 cm³/mol. The molecule has 32 heavy (non-hydrogen) atoms. The quantitative estimate of drug-likeness (QED) is 0.423. The molecule has 3 rings (SSSR count). The third-order valence-electron chi connectivity index (χ3n) is 4.79. The van der Waals surface area contributed by atoms with Gasteiger partial charge < -0.3 is 33.6 Å². The summed E-state index contributed by atoms with van der Waals surface area (Å²) >= 11 is 5.78. The molecule has 0 aliphatic carbocycles. The molecule has 3 aromatic rings. The molecule has 0 spiro atoms. The Morgan fingerprint density at radius 2 is 1.69 bits per heavy atom. The van der Waals surface area contributed by atoms with E-state index < -0.39 is 0 Å². The second-order valence-corrected chi connectivity index (χ2v) is 7.17. The van der Waals surface area contributed by atoms with Crippen molar-refractivity contribution in [2.45, 2.75) is 20.0 Å². The Bertz CT molecular complexity index is 1020. The fourth-order valence-corrected chi connectivity index (χ4v) is 3.57. The van der Waals surface area contributed by atoms with Gasteiger partial charge in [-0.2, -0.15) is 0 Å². The van der Waals surface area contributed by atoms with Crippen molar-refractivity contribution in [3.8, 4) is 23.0 Å². The van der Waals surface area contributed by atoms with E-state index in [1.807, 2.05) is 60.4 Å². The van der Waals surface area contributed by atoms with Crippen LogP contribution in [0.2, 0.25) is 0 Å². The molecule has 8 heteroatoms. The van der Waals surface area contributed by atoms with Gasteiger partial charge in [0.2, 0.25) is 5.75 Å². The summed E-state index contributed by atoms with van der Waals surface area (Å²) in [6, 6.07) is 15.2. The molecule has 0 radical (unpaired) electrons. The molecule has 0 bridgehead atoms. The molecule has 7 nitrogen and oxygen atoms in total. The van der Waals surface area contributed by atoms with Gasteiger partial charge in [0.1, 0.15) is 11.5 Å². The number of methoxy groups -OCH3 is 3. The van der Waals surface area contributed by atoms with Crippen molar-refractivity contribution in [2.24, 2.45) is 0 Å². The molecular weight excluding hydrogens is 428 g/mol. The Morgan fingerprint density at radius 1 is 0.906 bits per heavy atom. The molecule has 0 unspecified atom stereocenters. The van der Waals surface area contributed by atoms with Crippen molar-refractivity contribution >= 4 is 23.0 Å². The monoisotopic (exact) mass is 456 g/mol. The highest BCUT2D eigenvalue weighted by atomic mass is 32.1. The maximum absolute atomic E-state index is 5.78. The fourth-order valence-electron chi connectivity index (χ4n) is 3.33.